The Hall–Kier alpha value is -4.25. The fourth-order valence-electron chi connectivity index (χ4n) is 3.79. The van der Waals surface area contributed by atoms with Gasteiger partial charge in [-0.1, -0.05) is 48.0 Å². The predicted molar refractivity (Wildman–Crippen MR) is 139 cm³/mol. The molecule has 0 aliphatic heterocycles. The number of hydrogen-bond donors (Lipinski definition) is 1. The first-order chi connectivity index (χ1) is 17.5. The lowest BCUT2D eigenvalue weighted by molar-refractivity contribution is -0.384. The first-order valence-electron chi connectivity index (χ1n) is 11.4. The molecule has 0 fully saturated rings. The normalized spacial score (nSPS) is 11.9. The van der Waals surface area contributed by atoms with E-state index >= 15 is 0 Å². The van der Waals surface area contributed by atoms with Gasteiger partial charge in [0.2, 0.25) is 11.8 Å². The van der Waals surface area contributed by atoms with Gasteiger partial charge in [-0.2, -0.15) is 0 Å². The van der Waals surface area contributed by atoms with E-state index in [1.807, 2.05) is 31.2 Å². The van der Waals surface area contributed by atoms with E-state index in [9.17, 15) is 28.1 Å². The monoisotopic (exact) mass is 524 g/mol. The Morgan fingerprint density at radius 1 is 1.00 bits per heavy atom. The quantitative estimate of drug-likeness (QED) is 0.320. The van der Waals surface area contributed by atoms with Crippen molar-refractivity contribution in [2.24, 2.45) is 0 Å². The molecule has 1 atom stereocenters. The van der Waals surface area contributed by atoms with Crippen LogP contribution >= 0.6 is 0 Å². The molecule has 37 heavy (non-hydrogen) atoms. The number of nitro groups is 1. The molecule has 0 heterocycles. The van der Waals surface area contributed by atoms with E-state index in [4.69, 9.17) is 0 Å². The van der Waals surface area contributed by atoms with Crippen LogP contribution in [0, 0.1) is 17.0 Å². The average molecular weight is 525 g/mol. The zero-order valence-electron chi connectivity index (χ0n) is 20.7. The molecule has 10 nitrogen and oxygen atoms in total. The topological polar surface area (TPSA) is 130 Å². The maximum atomic E-state index is 13.7. The Morgan fingerprint density at radius 2 is 1.65 bits per heavy atom. The molecule has 0 radical (unpaired) electrons. The number of hydrogen-bond acceptors (Lipinski definition) is 6. The SMILES string of the molecule is CNC(=O)C(C)N(Cc1cccc(C)c1)C(=O)CN(c1ccc([N+](=O)[O-])cc1)S(=O)(=O)c1ccccc1. The summed E-state index contributed by atoms with van der Waals surface area (Å²) in [7, 11) is -2.78. The van der Waals surface area contributed by atoms with E-state index in [2.05, 4.69) is 5.32 Å². The zero-order valence-corrected chi connectivity index (χ0v) is 21.5. The third-order valence-corrected chi connectivity index (χ3v) is 7.60. The largest absolute Gasteiger partial charge is 0.357 e. The molecule has 1 N–H and O–H groups in total. The summed E-state index contributed by atoms with van der Waals surface area (Å²) in [4.78, 5) is 37.9. The van der Waals surface area contributed by atoms with Gasteiger partial charge in [0.05, 0.1) is 15.5 Å². The van der Waals surface area contributed by atoms with Gasteiger partial charge in [-0.05, 0) is 43.7 Å². The van der Waals surface area contributed by atoms with E-state index < -0.39 is 39.3 Å². The number of likely N-dealkylation sites (N-methyl/N-ethyl adjacent to an activating group) is 1. The highest BCUT2D eigenvalue weighted by Crippen LogP contribution is 2.26. The lowest BCUT2D eigenvalue weighted by atomic mass is 10.1. The number of non-ortho nitro benzene ring substituents is 1. The Labute approximate surface area is 215 Å². The second kappa shape index (κ2) is 11.7. The third kappa shape index (κ3) is 6.50. The van der Waals surface area contributed by atoms with E-state index in [-0.39, 0.29) is 22.8 Å². The second-order valence-corrected chi connectivity index (χ2v) is 10.3. The number of amides is 2. The standard InChI is InChI=1S/C26H28N4O6S/c1-19-8-7-9-21(16-19)17-28(20(2)26(32)27-3)25(31)18-29(22-12-14-23(15-13-22)30(33)34)37(35,36)24-10-5-4-6-11-24/h4-16,20H,17-18H2,1-3H3,(H,27,32). The highest BCUT2D eigenvalue weighted by Gasteiger charge is 2.32. The van der Waals surface area contributed by atoms with Gasteiger partial charge in [-0.25, -0.2) is 8.42 Å². The summed E-state index contributed by atoms with van der Waals surface area (Å²) >= 11 is 0. The van der Waals surface area contributed by atoms with Crippen LogP contribution in [0.1, 0.15) is 18.1 Å². The van der Waals surface area contributed by atoms with Crippen molar-refractivity contribution in [3.8, 4) is 0 Å². The highest BCUT2D eigenvalue weighted by atomic mass is 32.2. The van der Waals surface area contributed by atoms with Crippen molar-refractivity contribution < 1.29 is 22.9 Å². The van der Waals surface area contributed by atoms with Crippen LogP contribution < -0.4 is 9.62 Å². The minimum Gasteiger partial charge on any atom is -0.357 e. The van der Waals surface area contributed by atoms with Crippen LogP contribution in [0.4, 0.5) is 11.4 Å². The maximum absolute atomic E-state index is 13.7. The van der Waals surface area contributed by atoms with Crippen LogP contribution in [-0.2, 0) is 26.2 Å². The van der Waals surface area contributed by atoms with E-state index in [1.165, 1.54) is 48.3 Å². The second-order valence-electron chi connectivity index (χ2n) is 8.40. The van der Waals surface area contributed by atoms with Crippen LogP contribution in [-0.4, -0.2) is 49.7 Å². The van der Waals surface area contributed by atoms with Gasteiger partial charge in [0.25, 0.3) is 15.7 Å². The van der Waals surface area contributed by atoms with Gasteiger partial charge < -0.3 is 10.2 Å². The van der Waals surface area contributed by atoms with Gasteiger partial charge in [0, 0.05) is 25.7 Å². The van der Waals surface area contributed by atoms with Crippen molar-refractivity contribution in [2.45, 2.75) is 31.3 Å². The predicted octanol–water partition coefficient (Wildman–Crippen LogP) is 3.26. The molecule has 0 bridgehead atoms. The molecule has 0 aliphatic carbocycles. The Balaban J connectivity index is 2.04. The molecule has 3 rings (SSSR count). The van der Waals surface area contributed by atoms with E-state index in [0.717, 1.165) is 15.4 Å². The number of anilines is 1. The summed E-state index contributed by atoms with van der Waals surface area (Å²) in [5.41, 5.74) is 1.60. The molecule has 1 unspecified atom stereocenters. The fraction of sp³-hybridized carbons (Fsp3) is 0.231. The van der Waals surface area contributed by atoms with Crippen LogP contribution in [0.25, 0.3) is 0 Å². The maximum Gasteiger partial charge on any atom is 0.269 e. The molecular weight excluding hydrogens is 496 g/mol. The first kappa shape index (κ1) is 27.3. The number of nitrogens with one attached hydrogen (secondary N) is 1. The molecule has 0 aromatic heterocycles. The van der Waals surface area contributed by atoms with Crippen molar-refractivity contribution in [3.05, 3.63) is 100 Å². The fourth-order valence-corrected chi connectivity index (χ4v) is 5.22. The summed E-state index contributed by atoms with van der Waals surface area (Å²) in [5.74, 6) is -1.02. The molecular formula is C26H28N4O6S. The molecule has 3 aromatic carbocycles. The molecule has 0 saturated heterocycles. The van der Waals surface area contributed by atoms with Gasteiger partial charge in [-0.3, -0.25) is 24.0 Å². The Morgan fingerprint density at radius 3 is 2.22 bits per heavy atom. The van der Waals surface area contributed by atoms with Gasteiger partial charge in [-0.15, -0.1) is 0 Å². The summed E-state index contributed by atoms with van der Waals surface area (Å²) in [6.07, 6.45) is 0. The van der Waals surface area contributed by atoms with Crippen LogP contribution in [0.3, 0.4) is 0 Å². The third-order valence-electron chi connectivity index (χ3n) is 5.81. The van der Waals surface area contributed by atoms with Gasteiger partial charge in [0.1, 0.15) is 12.6 Å². The number of rotatable bonds is 10. The Kier molecular flexibility index (Phi) is 8.61. The average Bonchev–Trinajstić information content (AvgIpc) is 2.89. The number of nitro benzene ring substituents is 1. The molecule has 0 aliphatic rings. The van der Waals surface area contributed by atoms with Crippen molar-refractivity contribution in [1.82, 2.24) is 10.2 Å². The van der Waals surface area contributed by atoms with Crippen molar-refractivity contribution in [1.29, 1.82) is 0 Å². The van der Waals surface area contributed by atoms with Gasteiger partial charge >= 0.3 is 0 Å². The molecule has 11 heteroatoms. The minimum atomic E-state index is -4.23. The molecule has 0 spiro atoms. The number of benzene rings is 3. The summed E-state index contributed by atoms with van der Waals surface area (Å²) < 4.78 is 28.1. The molecule has 2 amide bonds. The smallest absolute Gasteiger partial charge is 0.269 e. The number of carbonyl (C=O) groups excluding carboxylic acids is 2. The first-order valence-corrected chi connectivity index (χ1v) is 12.9. The minimum absolute atomic E-state index is 0.0502. The van der Waals surface area contributed by atoms with Crippen molar-refractivity contribution in [3.63, 3.8) is 0 Å². The molecule has 3 aromatic rings. The van der Waals surface area contributed by atoms with Crippen LogP contribution in [0.2, 0.25) is 0 Å². The summed E-state index contributed by atoms with van der Waals surface area (Å²) in [6.45, 7) is 2.92. The van der Waals surface area contributed by atoms with Crippen molar-refractivity contribution >= 4 is 33.2 Å². The van der Waals surface area contributed by atoms with Gasteiger partial charge in [0.15, 0.2) is 0 Å². The number of aryl methyl sites for hydroxylation is 1. The Bertz CT molecular complexity index is 1380. The van der Waals surface area contributed by atoms with Crippen LogP contribution in [0.15, 0.2) is 83.8 Å². The highest BCUT2D eigenvalue weighted by molar-refractivity contribution is 7.92. The van der Waals surface area contributed by atoms with E-state index in [0.29, 0.717) is 0 Å². The summed E-state index contributed by atoms with van der Waals surface area (Å²) in [6, 6.07) is 19.0. The molecule has 0 saturated carbocycles. The zero-order chi connectivity index (χ0) is 27.2. The van der Waals surface area contributed by atoms with Crippen molar-refractivity contribution in [2.75, 3.05) is 17.9 Å². The summed E-state index contributed by atoms with van der Waals surface area (Å²) in [5, 5.41) is 13.6. The molecule has 194 valence electrons. The number of carbonyl (C=O) groups is 2. The van der Waals surface area contributed by atoms with E-state index in [1.54, 1.807) is 25.1 Å². The lowest BCUT2D eigenvalue weighted by Crippen LogP contribution is -2.50. The lowest BCUT2D eigenvalue weighted by Gasteiger charge is -2.31. The number of sulfonamides is 1. The number of nitrogens with zero attached hydrogens (tertiary/aromatic N) is 3. The van der Waals surface area contributed by atoms with Crippen LogP contribution in [0.5, 0.6) is 0 Å².